The minimum atomic E-state index is -0.603. The van der Waals surface area contributed by atoms with E-state index in [1.54, 1.807) is 18.2 Å². The molecule has 0 saturated carbocycles. The van der Waals surface area contributed by atoms with Crippen LogP contribution >= 0.6 is 0 Å². The molecule has 5 nitrogen and oxygen atoms in total. The van der Waals surface area contributed by atoms with Crippen LogP contribution in [-0.2, 0) is 16.0 Å². The van der Waals surface area contributed by atoms with Gasteiger partial charge in [0.15, 0.2) is 0 Å². The largest absolute Gasteiger partial charge is 0.465 e. The Morgan fingerprint density at radius 1 is 1.39 bits per heavy atom. The SMILES string of the molecule is COC(=O)c1cccc(CCCC(N)C(N)=O)c1. The summed E-state index contributed by atoms with van der Waals surface area (Å²) in [6.07, 6.45) is 2.03. The van der Waals surface area contributed by atoms with Crippen LogP contribution in [0.15, 0.2) is 24.3 Å². The van der Waals surface area contributed by atoms with E-state index >= 15 is 0 Å². The summed E-state index contributed by atoms with van der Waals surface area (Å²) < 4.78 is 4.65. The molecule has 0 radical (unpaired) electrons. The first-order chi connectivity index (χ1) is 8.54. The van der Waals surface area contributed by atoms with Gasteiger partial charge in [-0.05, 0) is 37.0 Å². The number of carbonyl (C=O) groups excluding carboxylic acids is 2. The molecule has 5 heteroatoms. The zero-order valence-electron chi connectivity index (χ0n) is 10.4. The zero-order valence-corrected chi connectivity index (χ0v) is 10.4. The van der Waals surface area contributed by atoms with E-state index in [-0.39, 0.29) is 5.97 Å². The Bertz CT molecular complexity index is 432. The first-order valence-electron chi connectivity index (χ1n) is 5.76. The van der Waals surface area contributed by atoms with E-state index < -0.39 is 11.9 Å². The minimum absolute atomic E-state index is 0.356. The molecule has 0 bridgehead atoms. The van der Waals surface area contributed by atoms with Crippen LogP contribution in [0.4, 0.5) is 0 Å². The van der Waals surface area contributed by atoms with Crippen LogP contribution in [0.2, 0.25) is 0 Å². The van der Waals surface area contributed by atoms with E-state index in [1.165, 1.54) is 7.11 Å². The predicted molar refractivity (Wildman–Crippen MR) is 67.9 cm³/mol. The number of nitrogens with two attached hydrogens (primary N) is 2. The molecule has 0 fully saturated rings. The average Bonchev–Trinajstić information content (AvgIpc) is 2.37. The second kappa shape index (κ2) is 6.76. The van der Waals surface area contributed by atoms with Crippen LogP contribution < -0.4 is 11.5 Å². The summed E-state index contributed by atoms with van der Waals surface area (Å²) in [7, 11) is 1.35. The van der Waals surface area contributed by atoms with Gasteiger partial charge in [-0.1, -0.05) is 12.1 Å². The van der Waals surface area contributed by atoms with Gasteiger partial charge in [0, 0.05) is 0 Å². The van der Waals surface area contributed by atoms with Crippen molar-refractivity contribution >= 4 is 11.9 Å². The highest BCUT2D eigenvalue weighted by atomic mass is 16.5. The number of aryl methyl sites for hydroxylation is 1. The third-order valence-electron chi connectivity index (χ3n) is 2.69. The summed E-state index contributed by atoms with van der Waals surface area (Å²) in [5.41, 5.74) is 12.1. The molecule has 0 spiro atoms. The first-order valence-corrected chi connectivity index (χ1v) is 5.76. The third kappa shape index (κ3) is 4.18. The maximum atomic E-state index is 11.3. The van der Waals surface area contributed by atoms with Crippen molar-refractivity contribution in [1.82, 2.24) is 0 Å². The van der Waals surface area contributed by atoms with Gasteiger partial charge in [-0.2, -0.15) is 0 Å². The maximum absolute atomic E-state index is 11.3. The fourth-order valence-electron chi connectivity index (χ4n) is 1.64. The molecule has 0 saturated heterocycles. The molecule has 1 amide bonds. The topological polar surface area (TPSA) is 95.4 Å². The van der Waals surface area contributed by atoms with Crippen LogP contribution in [0.5, 0.6) is 0 Å². The lowest BCUT2D eigenvalue weighted by atomic mass is 10.0. The molecule has 1 atom stereocenters. The van der Waals surface area contributed by atoms with E-state index in [4.69, 9.17) is 11.5 Å². The van der Waals surface area contributed by atoms with Crippen molar-refractivity contribution in [2.45, 2.75) is 25.3 Å². The van der Waals surface area contributed by atoms with E-state index in [1.807, 2.05) is 6.07 Å². The Labute approximate surface area is 106 Å². The molecule has 1 unspecified atom stereocenters. The normalized spacial score (nSPS) is 11.9. The highest BCUT2D eigenvalue weighted by molar-refractivity contribution is 5.89. The highest BCUT2D eigenvalue weighted by Crippen LogP contribution is 2.10. The molecule has 18 heavy (non-hydrogen) atoms. The molecule has 0 aliphatic carbocycles. The Balaban J connectivity index is 2.53. The number of hydrogen-bond acceptors (Lipinski definition) is 4. The van der Waals surface area contributed by atoms with Gasteiger partial charge in [-0.15, -0.1) is 0 Å². The van der Waals surface area contributed by atoms with E-state index in [0.29, 0.717) is 12.0 Å². The number of hydrogen-bond donors (Lipinski definition) is 2. The second-order valence-corrected chi connectivity index (χ2v) is 4.09. The van der Waals surface area contributed by atoms with Crippen molar-refractivity contribution in [2.75, 3.05) is 7.11 Å². The molecule has 1 aromatic carbocycles. The van der Waals surface area contributed by atoms with Gasteiger partial charge in [0.2, 0.25) is 5.91 Å². The number of methoxy groups -OCH3 is 1. The molecule has 1 aromatic rings. The van der Waals surface area contributed by atoms with Crippen LogP contribution in [0.3, 0.4) is 0 Å². The van der Waals surface area contributed by atoms with Gasteiger partial charge >= 0.3 is 5.97 Å². The Morgan fingerprint density at radius 2 is 2.11 bits per heavy atom. The molecular formula is C13H18N2O3. The Hall–Kier alpha value is -1.88. The van der Waals surface area contributed by atoms with Gasteiger partial charge in [-0.25, -0.2) is 4.79 Å². The molecular weight excluding hydrogens is 232 g/mol. The van der Waals surface area contributed by atoms with Crippen molar-refractivity contribution in [3.63, 3.8) is 0 Å². The summed E-state index contributed by atoms with van der Waals surface area (Å²) in [6.45, 7) is 0. The summed E-state index contributed by atoms with van der Waals surface area (Å²) in [5.74, 6) is -0.844. The van der Waals surface area contributed by atoms with Crippen LogP contribution in [-0.4, -0.2) is 25.0 Å². The van der Waals surface area contributed by atoms with Gasteiger partial charge in [0.05, 0.1) is 18.7 Å². The first kappa shape index (κ1) is 14.2. The van der Waals surface area contributed by atoms with Crippen LogP contribution in [0.1, 0.15) is 28.8 Å². The Kier molecular flexibility index (Phi) is 5.32. The van der Waals surface area contributed by atoms with Gasteiger partial charge in [0.1, 0.15) is 0 Å². The summed E-state index contributed by atoms with van der Waals surface area (Å²) in [5, 5.41) is 0. The number of rotatable bonds is 6. The van der Waals surface area contributed by atoms with Crippen molar-refractivity contribution in [2.24, 2.45) is 11.5 Å². The standard InChI is InChI=1S/C13H18N2O3/c1-18-13(17)10-6-2-4-9(8-10)5-3-7-11(14)12(15)16/h2,4,6,8,11H,3,5,7,14H2,1H3,(H2,15,16). The lowest BCUT2D eigenvalue weighted by molar-refractivity contribution is -0.119. The number of benzene rings is 1. The molecule has 1 rings (SSSR count). The van der Waals surface area contributed by atoms with E-state index in [2.05, 4.69) is 4.74 Å². The van der Waals surface area contributed by atoms with Crippen molar-refractivity contribution in [3.05, 3.63) is 35.4 Å². The minimum Gasteiger partial charge on any atom is -0.465 e. The molecule has 98 valence electrons. The van der Waals surface area contributed by atoms with Crippen molar-refractivity contribution < 1.29 is 14.3 Å². The quantitative estimate of drug-likeness (QED) is 0.723. The summed E-state index contributed by atoms with van der Waals surface area (Å²) >= 11 is 0. The summed E-state index contributed by atoms with van der Waals surface area (Å²) in [4.78, 5) is 22.1. The Morgan fingerprint density at radius 3 is 2.72 bits per heavy atom. The number of amides is 1. The number of carbonyl (C=O) groups is 2. The molecule has 0 aromatic heterocycles. The van der Waals surface area contributed by atoms with Crippen molar-refractivity contribution in [1.29, 1.82) is 0 Å². The monoisotopic (exact) mass is 250 g/mol. The van der Waals surface area contributed by atoms with Gasteiger partial charge < -0.3 is 16.2 Å². The lowest BCUT2D eigenvalue weighted by Gasteiger charge is -2.07. The maximum Gasteiger partial charge on any atom is 0.337 e. The lowest BCUT2D eigenvalue weighted by Crippen LogP contribution is -2.36. The molecule has 0 heterocycles. The zero-order chi connectivity index (χ0) is 13.5. The molecule has 0 aliphatic heterocycles. The third-order valence-corrected chi connectivity index (χ3v) is 2.69. The average molecular weight is 250 g/mol. The van der Waals surface area contributed by atoms with E-state index in [9.17, 15) is 9.59 Å². The van der Waals surface area contributed by atoms with Crippen LogP contribution in [0.25, 0.3) is 0 Å². The smallest absolute Gasteiger partial charge is 0.337 e. The van der Waals surface area contributed by atoms with Gasteiger partial charge in [0.25, 0.3) is 0 Å². The number of esters is 1. The van der Waals surface area contributed by atoms with E-state index in [0.717, 1.165) is 18.4 Å². The number of ether oxygens (including phenoxy) is 1. The predicted octanol–water partition coefficient (Wildman–Crippen LogP) is 0.609. The molecule has 4 N–H and O–H groups in total. The molecule has 0 aliphatic rings. The number of primary amides is 1. The highest BCUT2D eigenvalue weighted by Gasteiger charge is 2.09. The van der Waals surface area contributed by atoms with Crippen LogP contribution in [0, 0.1) is 0 Å². The van der Waals surface area contributed by atoms with Crippen molar-refractivity contribution in [3.8, 4) is 0 Å². The summed E-state index contributed by atoms with van der Waals surface area (Å²) in [6, 6.07) is 6.60. The second-order valence-electron chi connectivity index (χ2n) is 4.09. The fraction of sp³-hybridized carbons (Fsp3) is 0.385. The fourth-order valence-corrected chi connectivity index (χ4v) is 1.64. The van der Waals surface area contributed by atoms with Gasteiger partial charge in [-0.3, -0.25) is 4.79 Å².